The van der Waals surface area contributed by atoms with Gasteiger partial charge in [0, 0.05) is 13.1 Å². The minimum atomic E-state index is 0.632. The maximum atomic E-state index is 8.89. The van der Waals surface area contributed by atoms with Crippen molar-refractivity contribution in [1.29, 1.82) is 5.26 Å². The highest BCUT2D eigenvalue weighted by atomic mass is 15.2. The highest BCUT2D eigenvalue weighted by Crippen LogP contribution is 2.21. The number of nitrogens with zero attached hydrogens (tertiary/aromatic N) is 4. The second-order valence-corrected chi connectivity index (χ2v) is 4.08. The highest BCUT2D eigenvalue weighted by Gasteiger charge is 2.13. The van der Waals surface area contributed by atoms with Crippen LogP contribution in [0.2, 0.25) is 0 Å². The Hall–Kier alpha value is -2.02. The first-order chi connectivity index (χ1) is 7.88. The molecule has 16 heavy (non-hydrogen) atoms. The Kier molecular flexibility index (Phi) is 2.03. The Morgan fingerprint density at radius 3 is 2.81 bits per heavy atom. The summed E-state index contributed by atoms with van der Waals surface area (Å²) in [7, 11) is 0. The summed E-state index contributed by atoms with van der Waals surface area (Å²) in [5, 5.41) is 13.1. The van der Waals surface area contributed by atoms with Gasteiger partial charge in [-0.2, -0.15) is 10.4 Å². The first-order valence-electron chi connectivity index (χ1n) is 5.51. The van der Waals surface area contributed by atoms with E-state index in [4.69, 9.17) is 5.26 Å². The number of hydrogen-bond acceptors (Lipinski definition) is 3. The van der Waals surface area contributed by atoms with Crippen LogP contribution in [0.1, 0.15) is 18.4 Å². The molecule has 80 valence electrons. The summed E-state index contributed by atoms with van der Waals surface area (Å²) in [6, 6.07) is 6.19. The fourth-order valence-corrected chi connectivity index (χ4v) is 2.22. The summed E-state index contributed by atoms with van der Waals surface area (Å²) in [5.74, 6) is 0. The molecule has 1 aliphatic heterocycles. The third-order valence-corrected chi connectivity index (χ3v) is 3.09. The van der Waals surface area contributed by atoms with Gasteiger partial charge in [0.15, 0.2) is 0 Å². The predicted molar refractivity (Wildman–Crippen MR) is 61.4 cm³/mol. The molecule has 3 rings (SSSR count). The molecule has 0 bridgehead atoms. The zero-order valence-electron chi connectivity index (χ0n) is 8.93. The Bertz CT molecular complexity index is 558. The molecule has 1 aliphatic rings. The SMILES string of the molecule is N#Cc1cnn2cc(N3CCCC3)ccc12. The van der Waals surface area contributed by atoms with Gasteiger partial charge in [0.1, 0.15) is 6.07 Å². The molecule has 4 heteroatoms. The van der Waals surface area contributed by atoms with Crippen LogP contribution < -0.4 is 4.90 Å². The van der Waals surface area contributed by atoms with Gasteiger partial charge < -0.3 is 4.90 Å². The summed E-state index contributed by atoms with van der Waals surface area (Å²) in [6.45, 7) is 2.25. The lowest BCUT2D eigenvalue weighted by Gasteiger charge is -2.17. The number of fused-ring (bicyclic) bond motifs is 1. The van der Waals surface area contributed by atoms with E-state index in [0.717, 1.165) is 18.6 Å². The van der Waals surface area contributed by atoms with Crippen LogP contribution in [-0.2, 0) is 0 Å². The smallest absolute Gasteiger partial charge is 0.103 e. The predicted octanol–water partition coefficient (Wildman–Crippen LogP) is 1.81. The molecule has 0 unspecified atom stereocenters. The van der Waals surface area contributed by atoms with Crippen molar-refractivity contribution in [2.24, 2.45) is 0 Å². The minimum absolute atomic E-state index is 0.632. The number of rotatable bonds is 1. The molecule has 0 aromatic carbocycles. The largest absolute Gasteiger partial charge is 0.370 e. The van der Waals surface area contributed by atoms with Crippen molar-refractivity contribution in [1.82, 2.24) is 9.61 Å². The number of hydrogen-bond donors (Lipinski definition) is 0. The second kappa shape index (κ2) is 3.53. The van der Waals surface area contributed by atoms with E-state index in [2.05, 4.69) is 22.1 Å². The molecule has 0 amide bonds. The van der Waals surface area contributed by atoms with Gasteiger partial charge in [0.05, 0.1) is 29.2 Å². The maximum Gasteiger partial charge on any atom is 0.103 e. The van der Waals surface area contributed by atoms with Crippen molar-refractivity contribution in [3.05, 3.63) is 30.1 Å². The van der Waals surface area contributed by atoms with Crippen molar-refractivity contribution in [3.8, 4) is 6.07 Å². The quantitative estimate of drug-likeness (QED) is 0.724. The van der Waals surface area contributed by atoms with Gasteiger partial charge in [-0.1, -0.05) is 0 Å². The molecule has 1 saturated heterocycles. The second-order valence-electron chi connectivity index (χ2n) is 4.08. The summed E-state index contributed by atoms with van der Waals surface area (Å²) in [4.78, 5) is 2.35. The minimum Gasteiger partial charge on any atom is -0.370 e. The van der Waals surface area contributed by atoms with Gasteiger partial charge in [-0.15, -0.1) is 0 Å². The van der Waals surface area contributed by atoms with Gasteiger partial charge in [-0.05, 0) is 25.0 Å². The average molecular weight is 212 g/mol. The molecule has 2 aromatic heterocycles. The van der Waals surface area contributed by atoms with Gasteiger partial charge >= 0.3 is 0 Å². The van der Waals surface area contributed by atoms with E-state index in [9.17, 15) is 0 Å². The summed E-state index contributed by atoms with van der Waals surface area (Å²) in [5.41, 5.74) is 2.70. The molecule has 4 nitrogen and oxygen atoms in total. The lowest BCUT2D eigenvalue weighted by atomic mass is 10.2. The summed E-state index contributed by atoms with van der Waals surface area (Å²) in [6.07, 6.45) is 6.14. The van der Waals surface area contributed by atoms with Crippen LogP contribution in [0.25, 0.3) is 5.52 Å². The topological polar surface area (TPSA) is 44.3 Å². The molecular weight excluding hydrogens is 200 g/mol. The molecular formula is C12H12N4. The van der Waals surface area contributed by atoms with Crippen LogP contribution >= 0.6 is 0 Å². The molecule has 0 aliphatic carbocycles. The van der Waals surface area contributed by atoms with Crippen LogP contribution in [0.15, 0.2) is 24.5 Å². The maximum absolute atomic E-state index is 8.89. The lowest BCUT2D eigenvalue weighted by Crippen LogP contribution is -2.17. The van der Waals surface area contributed by atoms with E-state index in [1.807, 2.05) is 12.3 Å². The average Bonchev–Trinajstić information content (AvgIpc) is 2.97. The summed E-state index contributed by atoms with van der Waals surface area (Å²) >= 11 is 0. The standard InChI is InChI=1S/C12H12N4/c13-7-10-8-14-16-9-11(3-4-12(10)16)15-5-1-2-6-15/h3-4,8-9H,1-2,5-6H2. The number of nitriles is 1. The van der Waals surface area contributed by atoms with E-state index < -0.39 is 0 Å². The van der Waals surface area contributed by atoms with Gasteiger partial charge in [-0.3, -0.25) is 0 Å². The van der Waals surface area contributed by atoms with Gasteiger partial charge in [0.25, 0.3) is 0 Å². The number of aromatic nitrogens is 2. The molecule has 1 fully saturated rings. The van der Waals surface area contributed by atoms with E-state index in [1.54, 1.807) is 10.7 Å². The monoisotopic (exact) mass is 212 g/mol. The van der Waals surface area contributed by atoms with Gasteiger partial charge in [0.2, 0.25) is 0 Å². The van der Waals surface area contributed by atoms with Crippen molar-refractivity contribution in [2.75, 3.05) is 18.0 Å². The molecule has 0 saturated carbocycles. The van der Waals surface area contributed by atoms with E-state index in [0.29, 0.717) is 5.56 Å². The summed E-state index contributed by atoms with van der Waals surface area (Å²) < 4.78 is 1.78. The van der Waals surface area contributed by atoms with Crippen LogP contribution in [0.5, 0.6) is 0 Å². The highest BCUT2D eigenvalue weighted by molar-refractivity contribution is 5.63. The van der Waals surface area contributed by atoms with E-state index in [1.165, 1.54) is 18.5 Å². The molecule has 0 spiro atoms. The zero-order valence-corrected chi connectivity index (χ0v) is 8.93. The Labute approximate surface area is 93.7 Å². The van der Waals surface area contributed by atoms with Gasteiger partial charge in [-0.25, -0.2) is 4.52 Å². The third-order valence-electron chi connectivity index (χ3n) is 3.09. The Balaban J connectivity index is 2.06. The van der Waals surface area contributed by atoms with Crippen LogP contribution in [-0.4, -0.2) is 22.7 Å². The number of anilines is 1. The fourth-order valence-electron chi connectivity index (χ4n) is 2.22. The first-order valence-corrected chi connectivity index (χ1v) is 5.51. The molecule has 0 N–H and O–H groups in total. The van der Waals surface area contributed by atoms with Crippen LogP contribution in [0.4, 0.5) is 5.69 Å². The number of pyridine rings is 1. The van der Waals surface area contributed by atoms with E-state index >= 15 is 0 Å². The van der Waals surface area contributed by atoms with Crippen molar-refractivity contribution in [2.45, 2.75) is 12.8 Å². The zero-order chi connectivity index (χ0) is 11.0. The Morgan fingerprint density at radius 1 is 1.25 bits per heavy atom. The van der Waals surface area contributed by atoms with Crippen molar-refractivity contribution in [3.63, 3.8) is 0 Å². The molecule has 3 heterocycles. The fraction of sp³-hybridized carbons (Fsp3) is 0.333. The van der Waals surface area contributed by atoms with Crippen molar-refractivity contribution >= 4 is 11.2 Å². The van der Waals surface area contributed by atoms with E-state index in [-0.39, 0.29) is 0 Å². The normalized spacial score (nSPS) is 15.6. The molecule has 2 aromatic rings. The first kappa shape index (κ1) is 9.22. The van der Waals surface area contributed by atoms with Crippen LogP contribution in [0.3, 0.4) is 0 Å². The van der Waals surface area contributed by atoms with Crippen LogP contribution in [0, 0.1) is 11.3 Å². The molecule has 0 atom stereocenters. The third kappa shape index (κ3) is 1.33. The Morgan fingerprint density at radius 2 is 2.06 bits per heavy atom. The molecule has 0 radical (unpaired) electrons. The lowest BCUT2D eigenvalue weighted by molar-refractivity contribution is 0.917. The van der Waals surface area contributed by atoms with Crippen molar-refractivity contribution < 1.29 is 0 Å².